The third-order valence-electron chi connectivity index (χ3n) is 5.48. The number of rotatable bonds is 10. The summed E-state index contributed by atoms with van der Waals surface area (Å²) in [4.78, 5) is 28.6. The average Bonchev–Trinajstić information content (AvgIpc) is 2.81. The summed E-state index contributed by atoms with van der Waals surface area (Å²) in [5.74, 6) is -0.272. The summed E-state index contributed by atoms with van der Waals surface area (Å²) in [5, 5.41) is 3.01. The molecule has 2 amide bonds. The third kappa shape index (κ3) is 7.28. The monoisotopic (exact) mass is 446 g/mol. The van der Waals surface area contributed by atoms with E-state index in [2.05, 4.69) is 19.2 Å². The van der Waals surface area contributed by atoms with Crippen molar-refractivity contribution >= 4 is 11.8 Å². The highest BCUT2D eigenvalue weighted by Gasteiger charge is 2.31. The van der Waals surface area contributed by atoms with Crippen molar-refractivity contribution in [3.05, 3.63) is 107 Å². The Balaban J connectivity index is 1.94. The highest BCUT2D eigenvalue weighted by atomic mass is 19.1. The second-order valence-corrected chi connectivity index (χ2v) is 8.60. The van der Waals surface area contributed by atoms with Gasteiger partial charge in [0.15, 0.2) is 0 Å². The normalized spacial score (nSPS) is 11.8. The highest BCUT2D eigenvalue weighted by Crippen LogP contribution is 2.25. The maximum atomic E-state index is 13.6. The topological polar surface area (TPSA) is 49.4 Å². The molecule has 0 saturated carbocycles. The first-order chi connectivity index (χ1) is 15.9. The number of benzene rings is 3. The lowest BCUT2D eigenvalue weighted by atomic mass is 10.0. The smallest absolute Gasteiger partial charge is 0.247 e. The molecule has 0 aliphatic carbocycles. The van der Waals surface area contributed by atoms with Crippen LogP contribution in [0.5, 0.6) is 0 Å². The Labute approximate surface area is 195 Å². The molecule has 4 nitrogen and oxygen atoms in total. The lowest BCUT2D eigenvalue weighted by Crippen LogP contribution is -2.44. The molecule has 3 aromatic carbocycles. The molecule has 0 aliphatic rings. The van der Waals surface area contributed by atoms with Crippen LogP contribution < -0.4 is 5.32 Å². The molecular formula is C28H31FN2O2. The first kappa shape index (κ1) is 24.2. The van der Waals surface area contributed by atoms with Gasteiger partial charge in [-0.15, -0.1) is 0 Å². The van der Waals surface area contributed by atoms with Gasteiger partial charge in [-0.2, -0.15) is 0 Å². The molecule has 1 N–H and O–H groups in total. The van der Waals surface area contributed by atoms with Crippen molar-refractivity contribution in [1.82, 2.24) is 10.2 Å². The Morgan fingerprint density at radius 3 is 2.06 bits per heavy atom. The second kappa shape index (κ2) is 12.0. The summed E-state index contributed by atoms with van der Waals surface area (Å²) in [7, 11) is 0. The Kier molecular flexibility index (Phi) is 8.76. The van der Waals surface area contributed by atoms with E-state index in [9.17, 15) is 14.0 Å². The van der Waals surface area contributed by atoms with Crippen molar-refractivity contribution < 1.29 is 14.0 Å². The summed E-state index contributed by atoms with van der Waals surface area (Å²) in [6.07, 6.45) is 1.02. The quantitative estimate of drug-likeness (QED) is 0.459. The van der Waals surface area contributed by atoms with Gasteiger partial charge >= 0.3 is 0 Å². The van der Waals surface area contributed by atoms with Crippen LogP contribution in [0.15, 0.2) is 84.9 Å². The lowest BCUT2D eigenvalue weighted by molar-refractivity contribution is -0.141. The molecule has 0 fully saturated rings. The fraction of sp³-hybridized carbons (Fsp3) is 0.286. The van der Waals surface area contributed by atoms with E-state index in [1.165, 1.54) is 12.1 Å². The van der Waals surface area contributed by atoms with Crippen molar-refractivity contribution in [2.45, 2.75) is 39.3 Å². The summed E-state index contributed by atoms with van der Waals surface area (Å²) in [5.41, 5.74) is 2.37. The Morgan fingerprint density at radius 2 is 1.45 bits per heavy atom. The van der Waals surface area contributed by atoms with E-state index in [4.69, 9.17) is 0 Å². The molecule has 0 spiro atoms. The van der Waals surface area contributed by atoms with Crippen LogP contribution in [0, 0.1) is 11.7 Å². The molecular weight excluding hydrogens is 415 g/mol. The Morgan fingerprint density at radius 1 is 0.848 bits per heavy atom. The molecule has 3 aromatic rings. The minimum absolute atomic E-state index is 0.168. The molecule has 0 saturated heterocycles. The highest BCUT2D eigenvalue weighted by molar-refractivity contribution is 5.89. The van der Waals surface area contributed by atoms with E-state index in [1.54, 1.807) is 17.0 Å². The van der Waals surface area contributed by atoms with Crippen molar-refractivity contribution in [1.29, 1.82) is 0 Å². The van der Waals surface area contributed by atoms with Crippen molar-refractivity contribution in [3.8, 4) is 0 Å². The van der Waals surface area contributed by atoms with Crippen LogP contribution >= 0.6 is 0 Å². The largest absolute Gasteiger partial charge is 0.354 e. The Hall–Kier alpha value is -3.47. The molecule has 0 aliphatic heterocycles. The molecule has 5 heteroatoms. The minimum Gasteiger partial charge on any atom is -0.354 e. The number of hydrogen-bond acceptors (Lipinski definition) is 2. The maximum Gasteiger partial charge on any atom is 0.247 e. The molecule has 0 unspecified atom stereocenters. The zero-order valence-electron chi connectivity index (χ0n) is 19.2. The van der Waals surface area contributed by atoms with E-state index in [0.29, 0.717) is 12.5 Å². The van der Waals surface area contributed by atoms with Gasteiger partial charge in [-0.1, -0.05) is 86.6 Å². The zero-order chi connectivity index (χ0) is 23.6. The SMILES string of the molecule is CC(C)CCNC(=O)[C@@H](c1ccccc1)N(Cc1ccc(F)cc1)C(=O)Cc1ccccc1. The fourth-order valence-electron chi connectivity index (χ4n) is 3.67. The molecule has 0 heterocycles. The number of halogens is 1. The van der Waals surface area contributed by atoms with E-state index in [0.717, 1.165) is 23.1 Å². The second-order valence-electron chi connectivity index (χ2n) is 8.60. The summed E-state index contributed by atoms with van der Waals surface area (Å²) in [6, 6.07) is 24.1. The van der Waals surface area contributed by atoms with Crippen LogP contribution in [-0.4, -0.2) is 23.3 Å². The molecule has 3 rings (SSSR count). The van der Waals surface area contributed by atoms with Crippen LogP contribution in [0.2, 0.25) is 0 Å². The molecule has 0 radical (unpaired) electrons. The summed E-state index contributed by atoms with van der Waals surface area (Å²) >= 11 is 0. The summed E-state index contributed by atoms with van der Waals surface area (Å²) < 4.78 is 13.5. The number of amides is 2. The van der Waals surface area contributed by atoms with E-state index in [1.807, 2.05) is 60.7 Å². The van der Waals surface area contributed by atoms with Gasteiger partial charge in [0.25, 0.3) is 0 Å². The first-order valence-electron chi connectivity index (χ1n) is 11.3. The number of carbonyl (C=O) groups excluding carboxylic acids is 2. The molecule has 172 valence electrons. The van der Waals surface area contributed by atoms with E-state index < -0.39 is 6.04 Å². The number of nitrogens with zero attached hydrogens (tertiary/aromatic N) is 1. The van der Waals surface area contributed by atoms with Gasteiger partial charge in [0, 0.05) is 13.1 Å². The first-order valence-corrected chi connectivity index (χ1v) is 11.3. The standard InChI is InChI=1S/C28H31FN2O2/c1-21(2)17-18-30-28(33)27(24-11-7-4-8-12-24)31(20-23-13-15-25(29)16-14-23)26(32)19-22-9-5-3-6-10-22/h3-16,21,27H,17-20H2,1-2H3,(H,30,33)/t27-/m1/s1. The van der Waals surface area contributed by atoms with Gasteiger partial charge in [-0.05, 0) is 41.2 Å². The van der Waals surface area contributed by atoms with Gasteiger partial charge in [0.05, 0.1) is 6.42 Å². The predicted molar refractivity (Wildman–Crippen MR) is 129 cm³/mol. The zero-order valence-corrected chi connectivity index (χ0v) is 19.2. The van der Waals surface area contributed by atoms with Gasteiger partial charge in [0.2, 0.25) is 11.8 Å². The third-order valence-corrected chi connectivity index (χ3v) is 5.48. The Bertz CT molecular complexity index is 1020. The molecule has 0 bridgehead atoms. The maximum absolute atomic E-state index is 13.6. The van der Waals surface area contributed by atoms with E-state index in [-0.39, 0.29) is 30.6 Å². The van der Waals surface area contributed by atoms with Crippen LogP contribution in [0.3, 0.4) is 0 Å². The summed E-state index contributed by atoms with van der Waals surface area (Å²) in [6.45, 7) is 4.94. The van der Waals surface area contributed by atoms with Crippen LogP contribution in [0.4, 0.5) is 4.39 Å². The number of carbonyl (C=O) groups is 2. The fourth-order valence-corrected chi connectivity index (χ4v) is 3.67. The molecule has 1 atom stereocenters. The van der Waals surface area contributed by atoms with Gasteiger partial charge in [-0.3, -0.25) is 9.59 Å². The van der Waals surface area contributed by atoms with Crippen LogP contribution in [-0.2, 0) is 22.6 Å². The van der Waals surface area contributed by atoms with Gasteiger partial charge in [-0.25, -0.2) is 4.39 Å². The lowest BCUT2D eigenvalue weighted by Gasteiger charge is -2.32. The van der Waals surface area contributed by atoms with Crippen molar-refractivity contribution in [2.24, 2.45) is 5.92 Å². The predicted octanol–water partition coefficient (Wildman–Crippen LogP) is 5.30. The minimum atomic E-state index is -0.792. The van der Waals surface area contributed by atoms with Gasteiger partial charge < -0.3 is 10.2 Å². The van der Waals surface area contributed by atoms with Crippen LogP contribution in [0.1, 0.15) is 43.0 Å². The van der Waals surface area contributed by atoms with Crippen molar-refractivity contribution in [2.75, 3.05) is 6.54 Å². The van der Waals surface area contributed by atoms with Gasteiger partial charge in [0.1, 0.15) is 11.9 Å². The van der Waals surface area contributed by atoms with Crippen LogP contribution in [0.25, 0.3) is 0 Å². The van der Waals surface area contributed by atoms with E-state index >= 15 is 0 Å². The molecule has 0 aromatic heterocycles. The number of nitrogens with one attached hydrogen (secondary N) is 1. The average molecular weight is 447 g/mol. The molecule has 33 heavy (non-hydrogen) atoms. The van der Waals surface area contributed by atoms with Crippen molar-refractivity contribution in [3.63, 3.8) is 0 Å². The number of hydrogen-bond donors (Lipinski definition) is 1.